The van der Waals surface area contributed by atoms with E-state index in [-0.39, 0.29) is 5.75 Å². The SMILES string of the molecule is Oc1ccc(-n2c(C3CCNC3)nc3cccnc32)cc1. The highest BCUT2D eigenvalue weighted by atomic mass is 16.3. The average Bonchev–Trinajstić information content (AvgIpc) is 3.15. The molecule has 1 fully saturated rings. The summed E-state index contributed by atoms with van der Waals surface area (Å²) < 4.78 is 2.10. The molecule has 0 bridgehead atoms. The van der Waals surface area contributed by atoms with Crippen LogP contribution in [0, 0.1) is 0 Å². The van der Waals surface area contributed by atoms with Gasteiger partial charge in [-0.2, -0.15) is 0 Å². The Hall–Kier alpha value is -2.40. The monoisotopic (exact) mass is 280 g/mol. The van der Waals surface area contributed by atoms with Crippen LogP contribution >= 0.6 is 0 Å². The highest BCUT2D eigenvalue weighted by molar-refractivity contribution is 5.74. The Labute approximate surface area is 122 Å². The van der Waals surface area contributed by atoms with Gasteiger partial charge in [-0.25, -0.2) is 9.97 Å². The van der Waals surface area contributed by atoms with Gasteiger partial charge in [-0.3, -0.25) is 4.57 Å². The van der Waals surface area contributed by atoms with Crippen molar-refractivity contribution in [1.82, 2.24) is 19.9 Å². The number of fused-ring (bicyclic) bond motifs is 1. The van der Waals surface area contributed by atoms with Crippen molar-refractivity contribution in [2.45, 2.75) is 12.3 Å². The fourth-order valence-electron chi connectivity index (χ4n) is 2.94. The molecule has 1 unspecified atom stereocenters. The maximum Gasteiger partial charge on any atom is 0.164 e. The molecule has 21 heavy (non-hydrogen) atoms. The molecule has 1 aliphatic heterocycles. The van der Waals surface area contributed by atoms with Gasteiger partial charge in [0.05, 0.1) is 0 Å². The number of aromatic hydroxyl groups is 1. The van der Waals surface area contributed by atoms with E-state index in [9.17, 15) is 5.11 Å². The van der Waals surface area contributed by atoms with Crippen LogP contribution in [0.15, 0.2) is 42.6 Å². The summed E-state index contributed by atoms with van der Waals surface area (Å²) in [4.78, 5) is 9.28. The number of phenolic OH excluding ortho intramolecular Hbond substituents is 1. The van der Waals surface area contributed by atoms with E-state index in [0.717, 1.165) is 42.2 Å². The molecule has 5 nitrogen and oxygen atoms in total. The lowest BCUT2D eigenvalue weighted by molar-refractivity contribution is 0.475. The lowest BCUT2D eigenvalue weighted by Gasteiger charge is -2.12. The first-order valence-corrected chi connectivity index (χ1v) is 7.16. The first-order valence-electron chi connectivity index (χ1n) is 7.16. The second kappa shape index (κ2) is 4.86. The van der Waals surface area contributed by atoms with Crippen LogP contribution in [0.4, 0.5) is 0 Å². The maximum absolute atomic E-state index is 9.50. The quantitative estimate of drug-likeness (QED) is 0.755. The van der Waals surface area contributed by atoms with Crippen LogP contribution in [-0.2, 0) is 0 Å². The molecule has 0 aliphatic carbocycles. The third-order valence-corrected chi connectivity index (χ3v) is 3.98. The van der Waals surface area contributed by atoms with Crippen molar-refractivity contribution < 1.29 is 5.11 Å². The van der Waals surface area contributed by atoms with E-state index in [2.05, 4.69) is 14.9 Å². The Morgan fingerprint density at radius 2 is 2.05 bits per heavy atom. The zero-order valence-electron chi connectivity index (χ0n) is 11.5. The van der Waals surface area contributed by atoms with Gasteiger partial charge in [-0.1, -0.05) is 0 Å². The van der Waals surface area contributed by atoms with E-state index >= 15 is 0 Å². The molecule has 0 amide bonds. The summed E-state index contributed by atoms with van der Waals surface area (Å²) >= 11 is 0. The van der Waals surface area contributed by atoms with Gasteiger partial charge in [-0.05, 0) is 49.4 Å². The zero-order valence-corrected chi connectivity index (χ0v) is 11.5. The molecule has 1 atom stereocenters. The largest absolute Gasteiger partial charge is 0.508 e. The molecule has 1 saturated heterocycles. The number of aromatic nitrogens is 3. The highest BCUT2D eigenvalue weighted by Gasteiger charge is 2.24. The van der Waals surface area contributed by atoms with Gasteiger partial charge in [0.25, 0.3) is 0 Å². The molecular formula is C16H16N4O. The second-order valence-corrected chi connectivity index (χ2v) is 5.36. The maximum atomic E-state index is 9.50. The molecule has 1 aromatic carbocycles. The van der Waals surface area contributed by atoms with Crippen LogP contribution in [0.1, 0.15) is 18.2 Å². The van der Waals surface area contributed by atoms with Crippen molar-refractivity contribution in [1.29, 1.82) is 0 Å². The normalized spacial score (nSPS) is 18.4. The summed E-state index contributed by atoms with van der Waals surface area (Å²) in [5.74, 6) is 1.70. The molecule has 0 spiro atoms. The number of rotatable bonds is 2. The van der Waals surface area contributed by atoms with Crippen LogP contribution in [0.5, 0.6) is 5.75 Å². The van der Waals surface area contributed by atoms with E-state index in [1.165, 1.54) is 0 Å². The fraction of sp³-hybridized carbons (Fsp3) is 0.250. The standard InChI is InChI=1S/C16H16N4O/c21-13-5-3-12(4-6-13)20-15(11-7-9-17-10-11)19-14-2-1-8-18-16(14)20/h1-6,8,11,17,21H,7,9-10H2. The number of hydrogen-bond acceptors (Lipinski definition) is 4. The molecule has 3 aromatic rings. The van der Waals surface area contributed by atoms with Crippen LogP contribution < -0.4 is 5.32 Å². The zero-order chi connectivity index (χ0) is 14.2. The smallest absolute Gasteiger partial charge is 0.164 e. The summed E-state index contributed by atoms with van der Waals surface area (Å²) in [6.07, 6.45) is 2.87. The number of pyridine rings is 1. The summed E-state index contributed by atoms with van der Waals surface area (Å²) in [5, 5.41) is 12.9. The predicted molar refractivity (Wildman–Crippen MR) is 80.8 cm³/mol. The van der Waals surface area contributed by atoms with E-state index in [0.29, 0.717) is 5.92 Å². The number of imidazole rings is 1. The molecule has 1 aliphatic rings. The summed E-state index contributed by atoms with van der Waals surface area (Å²) in [5.41, 5.74) is 2.76. The predicted octanol–water partition coefficient (Wildman–Crippen LogP) is 2.20. The molecule has 106 valence electrons. The summed E-state index contributed by atoms with van der Waals surface area (Å²) in [6, 6.07) is 11.1. The van der Waals surface area contributed by atoms with E-state index in [1.807, 2.05) is 24.3 Å². The second-order valence-electron chi connectivity index (χ2n) is 5.36. The topological polar surface area (TPSA) is 63.0 Å². The number of benzene rings is 1. The fourth-order valence-corrected chi connectivity index (χ4v) is 2.94. The van der Waals surface area contributed by atoms with E-state index in [1.54, 1.807) is 18.3 Å². The van der Waals surface area contributed by atoms with Crippen LogP contribution in [0.25, 0.3) is 16.9 Å². The van der Waals surface area contributed by atoms with Crippen LogP contribution in [0.3, 0.4) is 0 Å². The van der Waals surface area contributed by atoms with Crippen molar-refractivity contribution >= 4 is 11.2 Å². The van der Waals surface area contributed by atoms with Gasteiger partial charge < -0.3 is 10.4 Å². The Morgan fingerprint density at radius 1 is 1.19 bits per heavy atom. The van der Waals surface area contributed by atoms with Crippen molar-refractivity contribution in [2.24, 2.45) is 0 Å². The highest BCUT2D eigenvalue weighted by Crippen LogP contribution is 2.28. The molecule has 2 N–H and O–H groups in total. The van der Waals surface area contributed by atoms with Crippen molar-refractivity contribution in [3.8, 4) is 11.4 Å². The van der Waals surface area contributed by atoms with Crippen molar-refractivity contribution in [2.75, 3.05) is 13.1 Å². The third-order valence-electron chi connectivity index (χ3n) is 3.98. The van der Waals surface area contributed by atoms with Gasteiger partial charge in [0, 0.05) is 24.3 Å². The van der Waals surface area contributed by atoms with Crippen molar-refractivity contribution in [3.05, 3.63) is 48.4 Å². The molecule has 5 heteroatoms. The van der Waals surface area contributed by atoms with E-state index in [4.69, 9.17) is 4.98 Å². The Balaban J connectivity index is 1.95. The molecule has 3 heterocycles. The van der Waals surface area contributed by atoms with Gasteiger partial charge >= 0.3 is 0 Å². The number of phenols is 1. The lowest BCUT2D eigenvalue weighted by Crippen LogP contribution is -2.12. The Bertz CT molecular complexity index is 773. The Kier molecular flexibility index (Phi) is 2.86. The summed E-state index contributed by atoms with van der Waals surface area (Å²) in [6.45, 7) is 1.97. The van der Waals surface area contributed by atoms with Gasteiger partial charge in [0.15, 0.2) is 5.65 Å². The summed E-state index contributed by atoms with van der Waals surface area (Å²) in [7, 11) is 0. The van der Waals surface area contributed by atoms with Crippen molar-refractivity contribution in [3.63, 3.8) is 0 Å². The molecule has 4 rings (SSSR count). The van der Waals surface area contributed by atoms with Gasteiger partial charge in [-0.15, -0.1) is 0 Å². The minimum atomic E-state index is 0.264. The number of nitrogens with zero attached hydrogens (tertiary/aromatic N) is 3. The molecule has 0 radical (unpaired) electrons. The van der Waals surface area contributed by atoms with Crippen LogP contribution in [0.2, 0.25) is 0 Å². The number of hydrogen-bond donors (Lipinski definition) is 2. The third kappa shape index (κ3) is 2.06. The Morgan fingerprint density at radius 3 is 2.81 bits per heavy atom. The van der Waals surface area contributed by atoms with E-state index < -0.39 is 0 Å². The van der Waals surface area contributed by atoms with Crippen LogP contribution in [-0.4, -0.2) is 32.7 Å². The number of nitrogens with one attached hydrogen (secondary N) is 1. The minimum absolute atomic E-state index is 0.264. The molecule has 0 saturated carbocycles. The van der Waals surface area contributed by atoms with Gasteiger partial charge in [0.1, 0.15) is 17.1 Å². The van der Waals surface area contributed by atoms with Gasteiger partial charge in [0.2, 0.25) is 0 Å². The lowest BCUT2D eigenvalue weighted by atomic mass is 10.1. The first kappa shape index (κ1) is 12.3. The molecular weight excluding hydrogens is 264 g/mol. The first-order chi connectivity index (χ1) is 10.3. The minimum Gasteiger partial charge on any atom is -0.508 e. The molecule has 2 aromatic heterocycles. The average molecular weight is 280 g/mol.